The Bertz CT molecular complexity index is 2210. The lowest BCUT2D eigenvalue weighted by atomic mass is 9.55. The first kappa shape index (κ1) is 38.5. The Labute approximate surface area is 323 Å². The van der Waals surface area contributed by atoms with Crippen LogP contribution in [0.5, 0.6) is 0 Å². The molecule has 2 atom stereocenters. The summed E-state index contributed by atoms with van der Waals surface area (Å²) >= 11 is 0. The summed E-state index contributed by atoms with van der Waals surface area (Å²) in [7, 11) is 0. The minimum absolute atomic E-state index is 0.0308. The summed E-state index contributed by atoms with van der Waals surface area (Å²) < 4.78 is 21.0. The predicted molar refractivity (Wildman–Crippen MR) is 204 cm³/mol. The summed E-state index contributed by atoms with van der Waals surface area (Å²) in [5.74, 6) is -1.13. The van der Waals surface area contributed by atoms with Crippen molar-refractivity contribution >= 4 is 24.1 Å². The molecule has 0 bridgehead atoms. The maximum absolute atomic E-state index is 12.6. The van der Waals surface area contributed by atoms with Gasteiger partial charge in [0.1, 0.15) is 37.3 Å². The maximum Gasteiger partial charge on any atom is 0.407 e. The van der Waals surface area contributed by atoms with Gasteiger partial charge >= 0.3 is 24.1 Å². The second-order valence-electron chi connectivity index (χ2n) is 13.4. The van der Waals surface area contributed by atoms with E-state index >= 15 is 0 Å². The Morgan fingerprint density at radius 1 is 0.571 bits per heavy atom. The predicted octanol–water partition coefficient (Wildman–Crippen LogP) is 6.66. The summed E-state index contributed by atoms with van der Waals surface area (Å²) in [6, 6.07) is 31.3. The Balaban J connectivity index is 1.33. The number of ether oxygens (including phenoxy) is 4. The highest BCUT2D eigenvalue weighted by Crippen LogP contribution is 2.64. The fourth-order valence-electron chi connectivity index (χ4n) is 7.29. The third kappa shape index (κ3) is 6.85. The molecule has 0 heterocycles. The van der Waals surface area contributed by atoms with Crippen molar-refractivity contribution in [3.05, 3.63) is 143 Å². The molecule has 282 valence electrons. The van der Waals surface area contributed by atoms with Gasteiger partial charge in [-0.2, -0.15) is 10.5 Å². The number of hydrogen-bond donors (Lipinski definition) is 2. The summed E-state index contributed by atoms with van der Waals surface area (Å²) in [5, 5.41) is 28.3. The molecule has 0 aromatic heterocycles. The van der Waals surface area contributed by atoms with Gasteiger partial charge < -0.3 is 29.6 Å². The second-order valence-corrected chi connectivity index (χ2v) is 13.4. The molecule has 2 amide bonds. The van der Waals surface area contributed by atoms with E-state index in [0.29, 0.717) is 33.4 Å². The summed E-state index contributed by atoms with van der Waals surface area (Å²) in [6.07, 6.45) is -1.46. The number of fused-ring (bicyclic) bond motifs is 6. The zero-order chi connectivity index (χ0) is 40.0. The minimum atomic E-state index is -1.58. The molecule has 2 aliphatic carbocycles. The number of nitriles is 2. The van der Waals surface area contributed by atoms with Crippen LogP contribution in [0.4, 0.5) is 9.59 Å². The third-order valence-corrected chi connectivity index (χ3v) is 9.76. The van der Waals surface area contributed by atoms with E-state index in [2.05, 4.69) is 35.9 Å². The molecule has 4 aromatic carbocycles. The molecule has 2 N–H and O–H groups in total. The largest absolute Gasteiger partial charge is 0.460 e. The Morgan fingerprint density at radius 2 is 0.946 bits per heavy atom. The van der Waals surface area contributed by atoms with Gasteiger partial charge in [0.25, 0.3) is 0 Å². The number of rotatable bonds is 13. The van der Waals surface area contributed by atoms with Gasteiger partial charge in [-0.15, -0.1) is 0 Å². The van der Waals surface area contributed by atoms with Crippen LogP contribution in [0.3, 0.4) is 0 Å². The molecule has 2 unspecified atom stereocenters. The number of nitrogens with zero attached hydrogens (tertiary/aromatic N) is 2. The zero-order valence-corrected chi connectivity index (χ0v) is 30.9. The minimum Gasteiger partial charge on any atom is -0.460 e. The monoisotopic (exact) mass is 750 g/mol. The number of hydrogen-bond acceptors (Lipinski definition) is 10. The van der Waals surface area contributed by atoms with Crippen molar-refractivity contribution in [2.24, 2.45) is 0 Å². The number of carbonyl (C=O) groups is 4. The van der Waals surface area contributed by atoms with Crippen LogP contribution in [-0.4, -0.2) is 50.4 Å². The number of esters is 2. The topological polar surface area (TPSA) is 177 Å². The standard InChI is InChI=1S/C44H38N4O8/c1-27(2)39(49)53-19-17-47-41(51)55-23-29-13-15-33-31-9-5-7-11-35(31)43(25-45,37(33)21-29)44(26-46)36-12-8-6-10-32(36)34-16-14-30(22-38(34)44)24-56-42(52)48-18-20-54-40(50)28(3)4/h5-16,21-22H,1,3,17-20,23-24H2,2,4H3,(H,47,51)(H,48,52). The van der Waals surface area contributed by atoms with Gasteiger partial charge in [-0.25, -0.2) is 19.2 Å². The van der Waals surface area contributed by atoms with E-state index in [1.54, 1.807) is 0 Å². The summed E-state index contributed by atoms with van der Waals surface area (Å²) in [5.41, 5.74) is 4.06. The van der Waals surface area contributed by atoms with Gasteiger partial charge in [-0.3, -0.25) is 0 Å². The van der Waals surface area contributed by atoms with Gasteiger partial charge in [0.05, 0.1) is 25.2 Å². The van der Waals surface area contributed by atoms with E-state index in [0.717, 1.165) is 22.3 Å². The fourth-order valence-corrected chi connectivity index (χ4v) is 7.29. The lowest BCUT2D eigenvalue weighted by Gasteiger charge is -2.40. The van der Waals surface area contributed by atoms with Crippen LogP contribution in [0, 0.1) is 22.7 Å². The van der Waals surface area contributed by atoms with Crippen molar-refractivity contribution in [2.75, 3.05) is 26.3 Å². The lowest BCUT2D eigenvalue weighted by molar-refractivity contribution is -0.139. The molecule has 2 aliphatic rings. The van der Waals surface area contributed by atoms with Crippen molar-refractivity contribution in [1.82, 2.24) is 10.6 Å². The van der Waals surface area contributed by atoms with Gasteiger partial charge in [0.2, 0.25) is 0 Å². The highest BCUT2D eigenvalue weighted by Gasteiger charge is 2.64. The summed E-state index contributed by atoms with van der Waals surface area (Å²) in [6.45, 7) is 9.75. The van der Waals surface area contributed by atoms with E-state index < -0.39 is 35.0 Å². The van der Waals surface area contributed by atoms with Gasteiger partial charge in [-0.05, 0) is 81.6 Å². The van der Waals surface area contributed by atoms with Gasteiger partial charge in [0, 0.05) is 11.1 Å². The smallest absolute Gasteiger partial charge is 0.407 e. The fraction of sp³-hybridized carbons (Fsp3) is 0.227. The van der Waals surface area contributed by atoms with E-state index in [1.165, 1.54) is 13.8 Å². The first-order chi connectivity index (χ1) is 27.0. The van der Waals surface area contributed by atoms with Crippen LogP contribution >= 0.6 is 0 Å². The number of carbonyl (C=O) groups excluding carboxylic acids is 4. The van der Waals surface area contributed by atoms with Crippen molar-refractivity contribution in [3.8, 4) is 34.4 Å². The molecule has 0 radical (unpaired) electrons. The molecule has 4 aromatic rings. The van der Waals surface area contributed by atoms with E-state index in [1.807, 2.05) is 84.9 Å². The first-order valence-electron chi connectivity index (χ1n) is 17.7. The average Bonchev–Trinajstić information content (AvgIpc) is 3.66. The average molecular weight is 751 g/mol. The molecule has 0 saturated heterocycles. The third-order valence-electron chi connectivity index (χ3n) is 9.76. The Hall–Kier alpha value is -7.18. The molecule has 12 nitrogen and oxygen atoms in total. The number of nitrogens with one attached hydrogen (secondary N) is 2. The van der Waals surface area contributed by atoms with Crippen molar-refractivity contribution < 1.29 is 38.1 Å². The van der Waals surface area contributed by atoms with E-state index in [9.17, 15) is 29.7 Å². The molecule has 0 fully saturated rings. The molecule has 0 aliphatic heterocycles. The number of benzene rings is 4. The molecule has 0 spiro atoms. The highest BCUT2D eigenvalue weighted by molar-refractivity contribution is 5.92. The molecule has 56 heavy (non-hydrogen) atoms. The van der Waals surface area contributed by atoms with Crippen LogP contribution in [-0.2, 0) is 52.6 Å². The Kier molecular flexibility index (Phi) is 11.0. The first-order valence-corrected chi connectivity index (χ1v) is 17.7. The van der Waals surface area contributed by atoms with Crippen LogP contribution in [0.1, 0.15) is 47.2 Å². The van der Waals surface area contributed by atoms with Crippen LogP contribution in [0.2, 0.25) is 0 Å². The van der Waals surface area contributed by atoms with Crippen molar-refractivity contribution in [2.45, 2.75) is 37.9 Å². The van der Waals surface area contributed by atoms with Gasteiger partial charge in [0.15, 0.2) is 0 Å². The molecular weight excluding hydrogens is 713 g/mol. The van der Waals surface area contributed by atoms with E-state index in [4.69, 9.17) is 18.9 Å². The Morgan fingerprint density at radius 3 is 1.32 bits per heavy atom. The number of alkyl carbamates (subject to hydrolysis) is 2. The van der Waals surface area contributed by atoms with Crippen molar-refractivity contribution in [1.29, 1.82) is 10.5 Å². The maximum atomic E-state index is 12.6. The number of amides is 2. The lowest BCUT2D eigenvalue weighted by Crippen LogP contribution is -2.47. The summed E-state index contributed by atoms with van der Waals surface area (Å²) in [4.78, 5) is 48.4. The van der Waals surface area contributed by atoms with Gasteiger partial charge in [-0.1, -0.05) is 86.0 Å². The molecule has 0 saturated carbocycles. The molecule has 6 rings (SSSR count). The normalized spacial score (nSPS) is 16.6. The highest BCUT2D eigenvalue weighted by atomic mass is 16.6. The molecular formula is C44H38N4O8. The quantitative estimate of drug-likeness (QED) is 0.0650. The van der Waals surface area contributed by atoms with Crippen molar-refractivity contribution in [3.63, 3.8) is 0 Å². The zero-order valence-electron chi connectivity index (χ0n) is 30.9. The second kappa shape index (κ2) is 16.0. The SMILES string of the molecule is C=C(C)C(=O)OCCNC(=O)OCc1ccc2c(c1)C(C#N)(C1(C#N)c3ccccc3-c3ccc(COC(=O)NCCOC(=O)C(=C)C)cc31)c1ccccc1-2. The van der Waals surface area contributed by atoms with Crippen LogP contribution in [0.15, 0.2) is 109 Å². The van der Waals surface area contributed by atoms with Crippen LogP contribution in [0.25, 0.3) is 22.3 Å². The van der Waals surface area contributed by atoms with E-state index in [-0.39, 0.29) is 50.7 Å². The molecule has 12 heteroatoms. The van der Waals surface area contributed by atoms with Crippen LogP contribution < -0.4 is 10.6 Å².